The predicted octanol–water partition coefficient (Wildman–Crippen LogP) is 4.14. The van der Waals surface area contributed by atoms with Gasteiger partial charge in [0, 0.05) is 48.3 Å². The van der Waals surface area contributed by atoms with E-state index in [0.717, 1.165) is 30.4 Å². The molecule has 1 aromatic carbocycles. The molecule has 2 fully saturated rings. The number of benzene rings is 1. The van der Waals surface area contributed by atoms with Crippen LogP contribution in [0.2, 0.25) is 0 Å². The molecule has 2 saturated heterocycles. The molecule has 0 bridgehead atoms. The first-order valence-corrected chi connectivity index (χ1v) is 13.7. The van der Waals surface area contributed by atoms with Gasteiger partial charge in [-0.25, -0.2) is 14.3 Å². The van der Waals surface area contributed by atoms with Gasteiger partial charge >= 0.3 is 12.2 Å². The molecule has 11 nitrogen and oxygen atoms in total. The Morgan fingerprint density at radius 3 is 2.57 bits per heavy atom. The van der Waals surface area contributed by atoms with E-state index in [9.17, 15) is 22.8 Å². The van der Waals surface area contributed by atoms with Gasteiger partial charge in [0.15, 0.2) is 5.65 Å². The Hall–Kier alpha value is -4.46. The van der Waals surface area contributed by atoms with Crippen molar-refractivity contribution >= 4 is 23.3 Å². The second kappa shape index (κ2) is 11.4. The van der Waals surface area contributed by atoms with Crippen molar-refractivity contribution in [3.05, 3.63) is 55.1 Å². The van der Waals surface area contributed by atoms with E-state index in [1.807, 2.05) is 21.8 Å². The molecular formula is C28H29F3N8O3. The third-order valence-corrected chi connectivity index (χ3v) is 7.59. The summed E-state index contributed by atoms with van der Waals surface area (Å²) in [5.74, 6) is 0.183. The topological polar surface area (TPSA) is 119 Å². The highest BCUT2D eigenvalue weighted by Gasteiger charge is 2.31. The first-order chi connectivity index (χ1) is 20.2. The summed E-state index contributed by atoms with van der Waals surface area (Å²) >= 11 is 0. The van der Waals surface area contributed by atoms with Crippen molar-refractivity contribution in [3.8, 4) is 22.4 Å². The number of aromatic nitrogens is 5. The molecule has 42 heavy (non-hydrogen) atoms. The molecule has 3 aromatic heterocycles. The Labute approximate surface area is 238 Å². The molecule has 1 atom stereocenters. The standard InChI is InChI=1S/C28H29F3N8O3/c29-28(30,31)17-33-27(41)36-22-3-1-2-18(10-22)24-14-32-25-11-20(12-35-39(24)25)21-13-34-38(15-21)23-4-7-37(8-5-23)26(40)19-6-9-42-16-19/h1-3,10-15,19,23H,4-9,16-17H2,(H2,33,36,41). The maximum atomic E-state index is 12.7. The summed E-state index contributed by atoms with van der Waals surface area (Å²) in [7, 11) is 0. The van der Waals surface area contributed by atoms with Crippen LogP contribution >= 0.6 is 0 Å². The minimum atomic E-state index is -4.50. The number of carbonyl (C=O) groups is 2. The Morgan fingerprint density at radius 1 is 1.00 bits per heavy atom. The predicted molar refractivity (Wildman–Crippen MR) is 146 cm³/mol. The second-order valence-corrected chi connectivity index (χ2v) is 10.5. The average Bonchev–Trinajstić information content (AvgIpc) is 3.76. The number of likely N-dealkylation sites (tertiary alicyclic amines) is 1. The highest BCUT2D eigenvalue weighted by atomic mass is 19.4. The second-order valence-electron chi connectivity index (χ2n) is 10.5. The van der Waals surface area contributed by atoms with Gasteiger partial charge in [-0.15, -0.1) is 0 Å². The summed E-state index contributed by atoms with van der Waals surface area (Å²) in [6.07, 6.45) is 5.12. The summed E-state index contributed by atoms with van der Waals surface area (Å²) in [6, 6.07) is 7.84. The van der Waals surface area contributed by atoms with E-state index >= 15 is 0 Å². The average molecular weight is 583 g/mol. The number of amides is 3. The lowest BCUT2D eigenvalue weighted by Gasteiger charge is -2.33. The molecule has 2 aliphatic rings. The zero-order valence-corrected chi connectivity index (χ0v) is 22.5. The normalized spacial score (nSPS) is 18.0. The number of nitrogens with one attached hydrogen (secondary N) is 2. The highest BCUT2D eigenvalue weighted by molar-refractivity contribution is 5.90. The number of anilines is 1. The molecule has 3 amide bonds. The number of carbonyl (C=O) groups excluding carboxylic acids is 2. The van der Waals surface area contributed by atoms with Crippen molar-refractivity contribution in [2.75, 3.05) is 38.2 Å². The van der Waals surface area contributed by atoms with Gasteiger partial charge in [-0.3, -0.25) is 9.48 Å². The molecule has 4 aromatic rings. The molecule has 2 N–H and O–H groups in total. The maximum absolute atomic E-state index is 12.7. The Morgan fingerprint density at radius 2 is 1.81 bits per heavy atom. The summed E-state index contributed by atoms with van der Waals surface area (Å²) in [4.78, 5) is 31.0. The first-order valence-electron chi connectivity index (χ1n) is 13.7. The minimum Gasteiger partial charge on any atom is -0.381 e. The fourth-order valence-corrected chi connectivity index (χ4v) is 5.37. The zero-order chi connectivity index (χ0) is 29.3. The SMILES string of the molecule is O=C(NCC(F)(F)F)Nc1cccc(-c2cnc3cc(-c4cnn(C5CCN(C(=O)C6CCOC6)CC5)c4)cnn23)c1. The summed E-state index contributed by atoms with van der Waals surface area (Å²) in [6.45, 7) is 1.16. The number of imidazole rings is 1. The van der Waals surface area contributed by atoms with Gasteiger partial charge in [0.1, 0.15) is 6.54 Å². The molecular weight excluding hydrogens is 553 g/mol. The van der Waals surface area contributed by atoms with Gasteiger partial charge in [-0.2, -0.15) is 23.4 Å². The Balaban J connectivity index is 1.12. The number of hydrogen-bond acceptors (Lipinski definition) is 6. The number of urea groups is 1. The molecule has 5 heterocycles. The first kappa shape index (κ1) is 27.7. The lowest BCUT2D eigenvalue weighted by Crippen LogP contribution is -2.42. The molecule has 0 radical (unpaired) electrons. The fourth-order valence-electron chi connectivity index (χ4n) is 5.37. The highest BCUT2D eigenvalue weighted by Crippen LogP contribution is 2.29. The van der Waals surface area contributed by atoms with Crippen molar-refractivity contribution in [1.29, 1.82) is 0 Å². The Bertz CT molecular complexity index is 1590. The fraction of sp³-hybridized carbons (Fsp3) is 0.393. The van der Waals surface area contributed by atoms with Crippen LogP contribution in [0.1, 0.15) is 25.3 Å². The molecule has 0 spiro atoms. The summed E-state index contributed by atoms with van der Waals surface area (Å²) < 4.78 is 46.1. The van der Waals surface area contributed by atoms with Crippen LogP contribution in [0.3, 0.4) is 0 Å². The van der Waals surface area contributed by atoms with E-state index < -0.39 is 18.8 Å². The van der Waals surface area contributed by atoms with Crippen molar-refractivity contribution in [2.45, 2.75) is 31.5 Å². The molecule has 0 aliphatic carbocycles. The summed E-state index contributed by atoms with van der Waals surface area (Å²) in [5, 5.41) is 13.4. The van der Waals surface area contributed by atoms with E-state index in [2.05, 4.69) is 20.5 Å². The number of fused-ring (bicyclic) bond motifs is 1. The maximum Gasteiger partial charge on any atom is 0.405 e. The van der Waals surface area contributed by atoms with E-state index in [-0.39, 0.29) is 17.9 Å². The van der Waals surface area contributed by atoms with Crippen molar-refractivity contribution in [1.82, 2.24) is 34.6 Å². The van der Waals surface area contributed by atoms with E-state index in [0.29, 0.717) is 48.9 Å². The van der Waals surface area contributed by atoms with Crippen LogP contribution in [0.15, 0.2) is 55.1 Å². The molecule has 0 saturated carbocycles. The number of halogens is 3. The minimum absolute atomic E-state index is 0.0119. The van der Waals surface area contributed by atoms with Crippen LogP contribution in [0.5, 0.6) is 0 Å². The van der Waals surface area contributed by atoms with Crippen molar-refractivity contribution in [2.24, 2.45) is 5.92 Å². The van der Waals surface area contributed by atoms with Gasteiger partial charge in [-0.1, -0.05) is 12.1 Å². The zero-order valence-electron chi connectivity index (χ0n) is 22.5. The van der Waals surface area contributed by atoms with Crippen LogP contribution in [-0.4, -0.2) is 80.2 Å². The Kier molecular flexibility index (Phi) is 7.54. The number of alkyl halides is 3. The van der Waals surface area contributed by atoms with Gasteiger partial charge in [0.2, 0.25) is 5.91 Å². The summed E-state index contributed by atoms with van der Waals surface area (Å²) in [5.41, 5.74) is 3.99. The van der Waals surface area contributed by atoms with Gasteiger partial charge in [0.25, 0.3) is 0 Å². The van der Waals surface area contributed by atoms with E-state index in [4.69, 9.17) is 4.74 Å². The van der Waals surface area contributed by atoms with Gasteiger partial charge in [-0.05, 0) is 37.5 Å². The number of ether oxygens (including phenoxy) is 1. The lowest BCUT2D eigenvalue weighted by atomic mass is 10.0. The number of nitrogens with zero attached hydrogens (tertiary/aromatic N) is 6. The van der Waals surface area contributed by atoms with E-state index in [1.165, 1.54) is 0 Å². The monoisotopic (exact) mass is 582 g/mol. The molecule has 1 unspecified atom stereocenters. The number of hydrogen-bond donors (Lipinski definition) is 2. The van der Waals surface area contributed by atoms with Crippen LogP contribution in [0.4, 0.5) is 23.7 Å². The number of piperidine rings is 1. The quantitative estimate of drug-likeness (QED) is 0.353. The third kappa shape index (κ3) is 6.08. The smallest absolute Gasteiger partial charge is 0.381 e. The van der Waals surface area contributed by atoms with Crippen molar-refractivity contribution in [3.63, 3.8) is 0 Å². The lowest BCUT2D eigenvalue weighted by molar-refractivity contribution is -0.136. The van der Waals surface area contributed by atoms with Gasteiger partial charge in [0.05, 0.1) is 42.9 Å². The van der Waals surface area contributed by atoms with Gasteiger partial charge < -0.3 is 20.3 Å². The van der Waals surface area contributed by atoms with Crippen LogP contribution in [0, 0.1) is 5.92 Å². The van der Waals surface area contributed by atoms with Crippen LogP contribution in [0.25, 0.3) is 28.0 Å². The molecule has 2 aliphatic heterocycles. The van der Waals surface area contributed by atoms with Crippen LogP contribution < -0.4 is 10.6 Å². The number of rotatable bonds is 6. The van der Waals surface area contributed by atoms with Crippen molar-refractivity contribution < 1.29 is 27.5 Å². The molecule has 14 heteroatoms. The third-order valence-electron chi connectivity index (χ3n) is 7.59. The van der Waals surface area contributed by atoms with E-state index in [1.54, 1.807) is 52.7 Å². The van der Waals surface area contributed by atoms with Crippen LogP contribution in [-0.2, 0) is 9.53 Å². The molecule has 220 valence electrons. The molecule has 6 rings (SSSR count). The largest absolute Gasteiger partial charge is 0.405 e.